The number of halogens is 1. The van der Waals surface area contributed by atoms with Crippen molar-refractivity contribution in [3.8, 4) is 11.5 Å². The average molecular weight is 446 g/mol. The van der Waals surface area contributed by atoms with Crippen LogP contribution in [0.3, 0.4) is 0 Å². The summed E-state index contributed by atoms with van der Waals surface area (Å²) in [6.45, 7) is 4.15. The molecule has 2 aromatic carbocycles. The fraction of sp³-hybridized carbons (Fsp3) is 0.458. The van der Waals surface area contributed by atoms with Gasteiger partial charge in [0.05, 0.1) is 12.1 Å². The quantitative estimate of drug-likeness (QED) is 0.638. The molecule has 0 atom stereocenters. The Morgan fingerprint density at radius 1 is 1.16 bits per heavy atom. The molecule has 1 N–H and O–H groups in total. The Kier molecular flexibility index (Phi) is 8.58. The predicted molar refractivity (Wildman–Crippen MR) is 124 cm³/mol. The standard InChI is InChI=1S/C24H32ClN3O3/c1-27(2)15-12-26-24(29)18-8-9-23(21(25)16-18)31-20-10-13-28(14-11-20)17-19-6-4-5-7-22(19)30-3/h4-9,16,20H,10-15,17H2,1-3H3,(H,26,29). The van der Waals surface area contributed by atoms with Crippen LogP contribution in [-0.4, -0.2) is 69.2 Å². The molecule has 0 spiro atoms. The molecule has 6 nitrogen and oxygen atoms in total. The van der Waals surface area contributed by atoms with Crippen molar-refractivity contribution in [1.82, 2.24) is 15.1 Å². The molecule has 0 aliphatic carbocycles. The number of carbonyl (C=O) groups is 1. The lowest BCUT2D eigenvalue weighted by atomic mass is 10.1. The first-order valence-corrected chi connectivity index (χ1v) is 11.1. The molecule has 1 heterocycles. The molecule has 0 bridgehead atoms. The number of hydrogen-bond acceptors (Lipinski definition) is 5. The molecule has 0 aromatic heterocycles. The summed E-state index contributed by atoms with van der Waals surface area (Å²) >= 11 is 6.41. The largest absolute Gasteiger partial charge is 0.496 e. The van der Waals surface area contributed by atoms with E-state index in [4.69, 9.17) is 21.1 Å². The molecule has 0 radical (unpaired) electrons. The number of amides is 1. The fourth-order valence-electron chi connectivity index (χ4n) is 3.67. The number of likely N-dealkylation sites (tertiary alicyclic amines) is 1. The SMILES string of the molecule is COc1ccccc1CN1CCC(Oc2ccc(C(=O)NCCN(C)C)cc2Cl)CC1. The highest BCUT2D eigenvalue weighted by molar-refractivity contribution is 6.32. The molecular weight excluding hydrogens is 414 g/mol. The zero-order valence-electron chi connectivity index (χ0n) is 18.6. The maximum atomic E-state index is 12.3. The normalized spacial score (nSPS) is 15.1. The molecule has 3 rings (SSSR count). The van der Waals surface area contributed by atoms with E-state index < -0.39 is 0 Å². The summed E-state index contributed by atoms with van der Waals surface area (Å²) in [5.41, 5.74) is 1.74. The van der Waals surface area contributed by atoms with E-state index in [1.165, 1.54) is 5.56 Å². The highest BCUT2D eigenvalue weighted by Crippen LogP contribution is 2.29. The van der Waals surface area contributed by atoms with Crippen LogP contribution in [0.1, 0.15) is 28.8 Å². The Morgan fingerprint density at radius 2 is 1.90 bits per heavy atom. The summed E-state index contributed by atoms with van der Waals surface area (Å²) in [6, 6.07) is 13.4. The number of nitrogens with zero attached hydrogens (tertiary/aromatic N) is 2. The van der Waals surface area contributed by atoms with E-state index in [1.807, 2.05) is 37.2 Å². The number of rotatable bonds is 9. The second kappa shape index (κ2) is 11.4. The minimum Gasteiger partial charge on any atom is -0.496 e. The minimum absolute atomic E-state index is 0.117. The number of nitrogens with one attached hydrogen (secondary N) is 1. The molecule has 7 heteroatoms. The minimum atomic E-state index is -0.125. The fourth-order valence-corrected chi connectivity index (χ4v) is 3.90. The maximum absolute atomic E-state index is 12.3. The number of piperidine rings is 1. The predicted octanol–water partition coefficient (Wildman–Crippen LogP) is 3.68. The van der Waals surface area contributed by atoms with Gasteiger partial charge in [-0.15, -0.1) is 0 Å². The van der Waals surface area contributed by atoms with Crippen LogP contribution in [0.15, 0.2) is 42.5 Å². The van der Waals surface area contributed by atoms with Gasteiger partial charge < -0.3 is 19.7 Å². The number of methoxy groups -OCH3 is 1. The molecule has 2 aromatic rings. The third kappa shape index (κ3) is 6.86. The van der Waals surface area contributed by atoms with Gasteiger partial charge in [0.2, 0.25) is 0 Å². The third-order valence-corrected chi connectivity index (χ3v) is 5.75. The lowest BCUT2D eigenvalue weighted by Gasteiger charge is -2.32. The van der Waals surface area contributed by atoms with Crippen LogP contribution < -0.4 is 14.8 Å². The molecule has 168 valence electrons. The van der Waals surface area contributed by atoms with Crippen molar-refractivity contribution >= 4 is 17.5 Å². The summed E-state index contributed by atoms with van der Waals surface area (Å²) in [4.78, 5) is 16.7. The van der Waals surface area contributed by atoms with Crippen LogP contribution in [0.4, 0.5) is 0 Å². The first kappa shape index (κ1) is 23.4. The molecule has 1 amide bonds. The lowest BCUT2D eigenvalue weighted by molar-refractivity contribution is 0.0948. The Labute approximate surface area is 190 Å². The molecule has 31 heavy (non-hydrogen) atoms. The number of hydrogen-bond donors (Lipinski definition) is 1. The van der Waals surface area contributed by atoms with E-state index in [-0.39, 0.29) is 12.0 Å². The summed E-state index contributed by atoms with van der Waals surface area (Å²) < 4.78 is 11.6. The van der Waals surface area contributed by atoms with E-state index in [2.05, 4.69) is 16.3 Å². The van der Waals surface area contributed by atoms with Gasteiger partial charge in [-0.2, -0.15) is 0 Å². The van der Waals surface area contributed by atoms with Gasteiger partial charge in [-0.05, 0) is 51.2 Å². The number of likely N-dealkylation sites (N-methyl/N-ethyl adjacent to an activating group) is 1. The van der Waals surface area contributed by atoms with Gasteiger partial charge in [0.15, 0.2) is 0 Å². The van der Waals surface area contributed by atoms with Crippen molar-refractivity contribution in [2.45, 2.75) is 25.5 Å². The molecule has 1 aliphatic rings. The van der Waals surface area contributed by atoms with Gasteiger partial charge in [-0.1, -0.05) is 29.8 Å². The van der Waals surface area contributed by atoms with Gasteiger partial charge in [0.25, 0.3) is 5.91 Å². The van der Waals surface area contributed by atoms with Gasteiger partial charge in [0, 0.05) is 43.9 Å². The van der Waals surface area contributed by atoms with Crippen LogP contribution in [0.25, 0.3) is 0 Å². The highest BCUT2D eigenvalue weighted by Gasteiger charge is 2.22. The second-order valence-electron chi connectivity index (χ2n) is 8.11. The van der Waals surface area contributed by atoms with Gasteiger partial charge in [-0.25, -0.2) is 0 Å². The van der Waals surface area contributed by atoms with Crippen molar-refractivity contribution in [3.63, 3.8) is 0 Å². The van der Waals surface area contributed by atoms with Gasteiger partial charge >= 0.3 is 0 Å². The Bertz CT molecular complexity index is 867. The molecule has 0 unspecified atom stereocenters. The van der Waals surface area contributed by atoms with Crippen molar-refractivity contribution in [3.05, 3.63) is 58.6 Å². The molecule has 0 saturated carbocycles. The van der Waals surface area contributed by atoms with Crippen LogP contribution in [-0.2, 0) is 6.54 Å². The molecule has 1 aliphatic heterocycles. The number of para-hydroxylation sites is 1. The van der Waals surface area contributed by atoms with Crippen molar-refractivity contribution in [2.75, 3.05) is 47.4 Å². The van der Waals surface area contributed by atoms with E-state index in [9.17, 15) is 4.79 Å². The number of benzene rings is 2. The first-order chi connectivity index (χ1) is 15.0. The molecular formula is C24H32ClN3O3. The molecule has 1 fully saturated rings. The summed E-state index contributed by atoms with van der Waals surface area (Å²) in [7, 11) is 5.65. The van der Waals surface area contributed by atoms with E-state index in [1.54, 1.807) is 25.3 Å². The Morgan fingerprint density at radius 3 is 2.58 bits per heavy atom. The topological polar surface area (TPSA) is 54.0 Å². The van der Waals surface area contributed by atoms with Crippen LogP contribution in [0, 0.1) is 0 Å². The summed E-state index contributed by atoms with van der Waals surface area (Å²) in [6.07, 6.45) is 1.97. The van der Waals surface area contributed by atoms with Crippen LogP contribution >= 0.6 is 11.6 Å². The average Bonchev–Trinajstić information content (AvgIpc) is 2.76. The van der Waals surface area contributed by atoms with Crippen LogP contribution in [0.5, 0.6) is 11.5 Å². The number of ether oxygens (including phenoxy) is 2. The van der Waals surface area contributed by atoms with Crippen molar-refractivity contribution in [2.24, 2.45) is 0 Å². The smallest absolute Gasteiger partial charge is 0.251 e. The summed E-state index contributed by atoms with van der Waals surface area (Å²) in [5.74, 6) is 1.44. The Balaban J connectivity index is 1.49. The lowest BCUT2D eigenvalue weighted by Crippen LogP contribution is -2.37. The van der Waals surface area contributed by atoms with Gasteiger partial charge in [-0.3, -0.25) is 9.69 Å². The first-order valence-electron chi connectivity index (χ1n) is 10.7. The van der Waals surface area contributed by atoms with Crippen molar-refractivity contribution in [1.29, 1.82) is 0 Å². The zero-order valence-corrected chi connectivity index (χ0v) is 19.3. The molecule has 1 saturated heterocycles. The monoisotopic (exact) mass is 445 g/mol. The second-order valence-corrected chi connectivity index (χ2v) is 8.52. The van der Waals surface area contributed by atoms with E-state index >= 15 is 0 Å². The number of carbonyl (C=O) groups excluding carboxylic acids is 1. The van der Waals surface area contributed by atoms with E-state index in [0.29, 0.717) is 22.9 Å². The Hall–Kier alpha value is -2.28. The summed E-state index contributed by atoms with van der Waals surface area (Å²) in [5, 5.41) is 3.37. The zero-order chi connectivity index (χ0) is 22.2. The van der Waals surface area contributed by atoms with Crippen LogP contribution in [0.2, 0.25) is 5.02 Å². The van der Waals surface area contributed by atoms with Crippen molar-refractivity contribution < 1.29 is 14.3 Å². The maximum Gasteiger partial charge on any atom is 0.251 e. The van der Waals surface area contributed by atoms with Gasteiger partial charge in [0.1, 0.15) is 17.6 Å². The third-order valence-electron chi connectivity index (χ3n) is 5.45. The highest BCUT2D eigenvalue weighted by atomic mass is 35.5. The van der Waals surface area contributed by atoms with E-state index in [0.717, 1.165) is 44.8 Å².